The summed E-state index contributed by atoms with van der Waals surface area (Å²) in [5.74, 6) is -7.28. The summed E-state index contributed by atoms with van der Waals surface area (Å²) in [4.78, 5) is 10.8. The van der Waals surface area contributed by atoms with Crippen molar-refractivity contribution >= 4 is 5.97 Å². The van der Waals surface area contributed by atoms with Crippen molar-refractivity contribution in [2.75, 3.05) is 0 Å². The minimum absolute atomic E-state index is 2.03. The molecule has 0 saturated carbocycles. The molecular weight excluding hydrogens is 406 g/mol. The third-order valence-electron chi connectivity index (χ3n) is 2.49. The molecule has 16 heteroatoms. The van der Waals surface area contributed by atoms with Crippen molar-refractivity contribution in [1.82, 2.24) is 0 Å². The molecule has 0 aliphatic rings. The summed E-state index contributed by atoms with van der Waals surface area (Å²) in [6, 6.07) is 0. The molecule has 0 N–H and O–H groups in total. The van der Waals surface area contributed by atoms with E-state index in [0.29, 0.717) is 0 Å². The molecule has 0 amide bonds. The molecule has 0 aliphatic carbocycles. The molecule has 25 heavy (non-hydrogen) atoms. The SMILES string of the molecule is [2H]C([2H])=C(F)C(=O)OC(C(F)(F)F)(C(F)(F)F)C(F)(C(F)(F)F)C(F)(F)F. The van der Waals surface area contributed by atoms with Crippen LogP contribution in [-0.4, -0.2) is 41.9 Å². The maximum absolute atomic E-state index is 13.7. The van der Waals surface area contributed by atoms with Crippen LogP contribution in [0.25, 0.3) is 0 Å². The summed E-state index contributed by atoms with van der Waals surface area (Å²) in [6.07, 6.45) is -32.1. The lowest BCUT2D eigenvalue weighted by Gasteiger charge is -2.46. The second kappa shape index (κ2) is 5.89. The first-order valence-corrected chi connectivity index (χ1v) is 5.01. The molecule has 0 unspecified atom stereocenters. The van der Waals surface area contributed by atoms with Crippen LogP contribution in [-0.2, 0) is 9.53 Å². The topological polar surface area (TPSA) is 26.3 Å². The van der Waals surface area contributed by atoms with E-state index in [1.165, 1.54) is 0 Å². The van der Waals surface area contributed by atoms with Gasteiger partial charge in [0.1, 0.15) is 0 Å². The molecule has 0 aromatic heterocycles. The molecule has 2 nitrogen and oxygen atoms in total. The van der Waals surface area contributed by atoms with E-state index in [4.69, 9.17) is 2.74 Å². The molecule has 0 aromatic carbocycles. The molecule has 0 heterocycles. The predicted molar refractivity (Wildman–Crippen MR) is 47.1 cm³/mol. The van der Waals surface area contributed by atoms with Crippen LogP contribution in [0.2, 0.25) is 0 Å². The van der Waals surface area contributed by atoms with Gasteiger partial charge in [-0.1, -0.05) is 6.53 Å². The highest BCUT2D eigenvalue weighted by molar-refractivity contribution is 5.85. The minimum atomic E-state index is -8.34. The summed E-state index contributed by atoms with van der Waals surface area (Å²) < 4.78 is 192. The molecule has 0 aliphatic heterocycles. The van der Waals surface area contributed by atoms with Crippen LogP contribution >= 0.6 is 0 Å². The average molecular weight is 410 g/mol. The van der Waals surface area contributed by atoms with Crippen LogP contribution in [0.3, 0.4) is 0 Å². The highest BCUT2D eigenvalue weighted by Gasteiger charge is 2.97. The van der Waals surface area contributed by atoms with E-state index >= 15 is 0 Å². The number of rotatable bonds is 3. The van der Waals surface area contributed by atoms with Crippen LogP contribution in [0.1, 0.15) is 2.74 Å². The van der Waals surface area contributed by atoms with Crippen LogP contribution < -0.4 is 0 Å². The van der Waals surface area contributed by atoms with E-state index in [2.05, 4.69) is 0 Å². The van der Waals surface area contributed by atoms with Crippen LogP contribution in [0, 0.1) is 0 Å². The van der Waals surface area contributed by atoms with Gasteiger partial charge < -0.3 is 4.74 Å². The van der Waals surface area contributed by atoms with Gasteiger partial charge in [-0.25, -0.2) is 9.18 Å². The lowest BCUT2D eigenvalue weighted by atomic mass is 9.80. The number of ether oxygens (including phenoxy) is 1. The van der Waals surface area contributed by atoms with Crippen LogP contribution in [0.5, 0.6) is 0 Å². The minimum Gasteiger partial charge on any atom is -0.430 e. The Morgan fingerprint density at radius 2 is 1.04 bits per heavy atom. The predicted octanol–water partition coefficient (Wildman–Crippen LogP) is 4.71. The smallest absolute Gasteiger partial charge is 0.430 e. The second-order valence-corrected chi connectivity index (χ2v) is 4.03. The first-order valence-electron chi connectivity index (χ1n) is 6.01. The highest BCUT2D eigenvalue weighted by atomic mass is 19.4. The monoisotopic (exact) mass is 410 g/mol. The molecule has 148 valence electrons. The largest absolute Gasteiger partial charge is 0.441 e. The number of esters is 1. The van der Waals surface area contributed by atoms with Gasteiger partial charge in [-0.2, -0.15) is 57.1 Å². The fourth-order valence-electron chi connectivity index (χ4n) is 1.48. The van der Waals surface area contributed by atoms with Crippen molar-refractivity contribution in [2.45, 2.75) is 36.0 Å². The lowest BCUT2D eigenvalue weighted by molar-refractivity contribution is -0.478. The summed E-state index contributed by atoms with van der Waals surface area (Å²) in [6.45, 7) is -2.58. The number of hydrogen-bond donors (Lipinski definition) is 0. The van der Waals surface area contributed by atoms with Gasteiger partial charge in [-0.15, -0.1) is 0 Å². The number of alkyl halides is 13. The van der Waals surface area contributed by atoms with Crippen molar-refractivity contribution in [2.24, 2.45) is 0 Å². The van der Waals surface area contributed by atoms with Gasteiger partial charge in [0.2, 0.25) is 5.83 Å². The maximum atomic E-state index is 13.7. The fraction of sp³-hybridized carbons (Fsp3) is 0.667. The molecule has 0 atom stereocenters. The van der Waals surface area contributed by atoms with Crippen molar-refractivity contribution in [1.29, 1.82) is 0 Å². The molecule has 0 fully saturated rings. The Morgan fingerprint density at radius 1 is 0.720 bits per heavy atom. The van der Waals surface area contributed by atoms with Gasteiger partial charge >= 0.3 is 41.9 Å². The van der Waals surface area contributed by atoms with Gasteiger partial charge in [0.05, 0.1) is 2.74 Å². The van der Waals surface area contributed by atoms with Crippen molar-refractivity contribution in [3.8, 4) is 0 Å². The Morgan fingerprint density at radius 3 is 1.24 bits per heavy atom. The van der Waals surface area contributed by atoms with E-state index in [0.717, 1.165) is 0 Å². The third-order valence-corrected chi connectivity index (χ3v) is 2.49. The summed E-state index contributed by atoms with van der Waals surface area (Å²) >= 11 is 0. The van der Waals surface area contributed by atoms with Gasteiger partial charge in [0, 0.05) is 0 Å². The Balaban J connectivity index is 7.35. The van der Waals surface area contributed by atoms with Gasteiger partial charge in [0.25, 0.3) is 0 Å². The van der Waals surface area contributed by atoms with Crippen LogP contribution in [0.4, 0.5) is 61.5 Å². The molecule has 0 radical (unpaired) electrons. The number of halogens is 14. The zero-order chi connectivity index (χ0) is 22.4. The molecular formula is C9H2F14O2. The Labute approximate surface area is 129 Å². The normalized spacial score (nSPS) is 16.1. The van der Waals surface area contributed by atoms with Crippen molar-refractivity contribution < 1.29 is 73.7 Å². The zero-order valence-corrected chi connectivity index (χ0v) is 10.6. The maximum Gasteiger partial charge on any atom is 0.441 e. The molecule has 0 spiro atoms. The van der Waals surface area contributed by atoms with Crippen molar-refractivity contribution in [3.63, 3.8) is 0 Å². The summed E-state index contributed by atoms with van der Waals surface area (Å²) in [7, 11) is 0. The van der Waals surface area contributed by atoms with Gasteiger partial charge in [0.15, 0.2) is 0 Å². The molecule has 0 aromatic rings. The quantitative estimate of drug-likeness (QED) is 0.383. The van der Waals surface area contributed by atoms with Gasteiger partial charge in [-0.05, 0) is 0 Å². The third kappa shape index (κ3) is 3.33. The molecule has 0 bridgehead atoms. The highest BCUT2D eigenvalue weighted by Crippen LogP contribution is 2.63. The summed E-state index contributed by atoms with van der Waals surface area (Å²) in [5, 5.41) is 0. The van der Waals surface area contributed by atoms with Gasteiger partial charge in [-0.3, -0.25) is 0 Å². The van der Waals surface area contributed by atoms with E-state index in [1.54, 1.807) is 0 Å². The fourth-order valence-corrected chi connectivity index (χ4v) is 1.48. The van der Waals surface area contributed by atoms with Crippen LogP contribution in [0.15, 0.2) is 12.4 Å². The Bertz CT molecular complexity index is 578. The Hall–Kier alpha value is -1.77. The standard InChI is InChI=1S/C9H2F14O2/c1-2(10)3(24)25-5(8(18,19)20,9(21,22)23)4(11,6(12,13)14)7(15,16)17/h1H2/i1D2. The zero-order valence-electron chi connectivity index (χ0n) is 12.6. The summed E-state index contributed by atoms with van der Waals surface area (Å²) in [5.41, 5.74) is -16.4. The second-order valence-electron chi connectivity index (χ2n) is 4.03. The average Bonchev–Trinajstić information content (AvgIpc) is 2.37. The van der Waals surface area contributed by atoms with E-state index in [-0.39, 0.29) is 0 Å². The first kappa shape index (κ1) is 19.6. The molecule has 0 saturated heterocycles. The number of hydrogen-bond acceptors (Lipinski definition) is 2. The molecule has 0 rings (SSSR count). The Kier molecular flexibility index (Phi) is 4.61. The number of carbonyl (C=O) groups excluding carboxylic acids is 1. The lowest BCUT2D eigenvalue weighted by Crippen LogP contribution is -2.79. The van der Waals surface area contributed by atoms with Crippen molar-refractivity contribution in [3.05, 3.63) is 12.4 Å². The van der Waals surface area contributed by atoms with E-state index < -0.39 is 54.3 Å². The van der Waals surface area contributed by atoms with E-state index in [9.17, 15) is 66.3 Å². The van der Waals surface area contributed by atoms with E-state index in [1.807, 2.05) is 4.74 Å². The number of carbonyl (C=O) groups is 1. The first-order chi connectivity index (χ1) is 11.5.